The number of amides is 1. The number of aromatic nitrogens is 1. The van der Waals surface area contributed by atoms with Crippen molar-refractivity contribution in [1.29, 1.82) is 0 Å². The van der Waals surface area contributed by atoms with Crippen LogP contribution in [-0.2, 0) is 27.0 Å². The molecule has 0 radical (unpaired) electrons. The summed E-state index contributed by atoms with van der Waals surface area (Å²) < 4.78 is 28.5. The Bertz CT molecular complexity index is 1210. The van der Waals surface area contributed by atoms with Crippen LogP contribution in [0.5, 0.6) is 0 Å². The van der Waals surface area contributed by atoms with Gasteiger partial charge >= 0.3 is 0 Å². The summed E-state index contributed by atoms with van der Waals surface area (Å²) in [6.45, 7) is 4.06. The second kappa shape index (κ2) is 13.6. The summed E-state index contributed by atoms with van der Waals surface area (Å²) in [7, 11) is -3.57. The normalized spacial score (nSPS) is 15.4. The molecule has 1 atom stereocenters. The van der Waals surface area contributed by atoms with E-state index in [1.165, 1.54) is 0 Å². The summed E-state index contributed by atoms with van der Waals surface area (Å²) in [6.07, 6.45) is 5.42. The van der Waals surface area contributed by atoms with E-state index in [0.29, 0.717) is 18.7 Å². The minimum Gasteiger partial charge on any atom is -0.353 e. The summed E-state index contributed by atoms with van der Waals surface area (Å²) in [5.74, 6) is -0.0303. The van der Waals surface area contributed by atoms with Gasteiger partial charge in [0.2, 0.25) is 15.9 Å². The quantitative estimate of drug-likeness (QED) is 0.418. The molecule has 0 bridgehead atoms. The number of likely N-dealkylation sites (tertiary alicyclic amines) is 1. The van der Waals surface area contributed by atoms with Crippen LogP contribution in [0.1, 0.15) is 30.9 Å². The van der Waals surface area contributed by atoms with Gasteiger partial charge in [0.1, 0.15) is 0 Å². The molecule has 1 N–H and O–H groups in total. The fourth-order valence-corrected chi connectivity index (χ4v) is 6.30. The number of rotatable bonds is 10. The third-order valence-corrected chi connectivity index (χ3v) is 8.34. The number of sulfonamides is 1. The maximum atomic E-state index is 13.5. The van der Waals surface area contributed by atoms with E-state index in [2.05, 4.69) is 22.1 Å². The highest BCUT2D eigenvalue weighted by Crippen LogP contribution is 2.23. The number of para-hydroxylation sites is 1. The fourth-order valence-electron chi connectivity index (χ4n) is 4.64. The lowest BCUT2D eigenvalue weighted by Gasteiger charge is -2.38. The van der Waals surface area contributed by atoms with Gasteiger partial charge in [0, 0.05) is 44.1 Å². The molecule has 1 aliphatic heterocycles. The number of carbonyl (C=O) groups excluding carboxylic acids is 1. The van der Waals surface area contributed by atoms with Crippen molar-refractivity contribution >= 4 is 34.0 Å². The van der Waals surface area contributed by atoms with Gasteiger partial charge in [-0.1, -0.05) is 54.6 Å². The lowest BCUT2D eigenvalue weighted by atomic mass is 10.0. The van der Waals surface area contributed by atoms with Crippen LogP contribution >= 0.6 is 12.4 Å². The Kier molecular flexibility index (Phi) is 10.5. The third kappa shape index (κ3) is 8.28. The highest BCUT2D eigenvalue weighted by Gasteiger charge is 2.29. The molecule has 9 heteroatoms. The number of hydrogen-bond acceptors (Lipinski definition) is 5. The lowest BCUT2D eigenvalue weighted by molar-refractivity contribution is -0.121. The third-order valence-electron chi connectivity index (χ3n) is 6.61. The van der Waals surface area contributed by atoms with Crippen LogP contribution in [0.15, 0.2) is 85.2 Å². The van der Waals surface area contributed by atoms with Crippen molar-refractivity contribution in [1.82, 2.24) is 15.2 Å². The number of pyridine rings is 1. The number of nitrogens with zero attached hydrogens (tertiary/aromatic N) is 3. The Morgan fingerprint density at radius 2 is 1.62 bits per heavy atom. The van der Waals surface area contributed by atoms with E-state index >= 15 is 0 Å². The van der Waals surface area contributed by atoms with Crippen LogP contribution in [0.3, 0.4) is 0 Å². The summed E-state index contributed by atoms with van der Waals surface area (Å²) >= 11 is 0. The van der Waals surface area contributed by atoms with E-state index in [9.17, 15) is 13.2 Å². The minimum atomic E-state index is -3.57. The lowest BCUT2D eigenvalue weighted by Crippen LogP contribution is -2.51. The highest BCUT2D eigenvalue weighted by molar-refractivity contribution is 7.92. The van der Waals surface area contributed by atoms with Crippen molar-refractivity contribution in [3.05, 3.63) is 96.3 Å². The molecule has 2 aromatic carbocycles. The predicted octanol–water partition coefficient (Wildman–Crippen LogP) is 4.05. The molecule has 198 valence electrons. The van der Waals surface area contributed by atoms with E-state index in [4.69, 9.17) is 0 Å². The Labute approximate surface area is 226 Å². The zero-order chi connectivity index (χ0) is 25.4. The van der Waals surface area contributed by atoms with Crippen LogP contribution in [0.4, 0.5) is 5.69 Å². The van der Waals surface area contributed by atoms with Crippen molar-refractivity contribution in [2.75, 3.05) is 23.9 Å². The number of halogens is 1. The highest BCUT2D eigenvalue weighted by atomic mass is 35.5. The first-order valence-electron chi connectivity index (χ1n) is 12.4. The van der Waals surface area contributed by atoms with Crippen LogP contribution in [0.25, 0.3) is 0 Å². The molecule has 1 amide bonds. The molecule has 37 heavy (non-hydrogen) atoms. The molecule has 0 spiro atoms. The van der Waals surface area contributed by atoms with Gasteiger partial charge in [-0.15, -0.1) is 12.4 Å². The minimum absolute atomic E-state index is 0. The van der Waals surface area contributed by atoms with Crippen LogP contribution in [0.2, 0.25) is 0 Å². The van der Waals surface area contributed by atoms with Gasteiger partial charge < -0.3 is 5.32 Å². The molecule has 2 heterocycles. The average molecular weight is 543 g/mol. The first-order chi connectivity index (χ1) is 17.4. The maximum absolute atomic E-state index is 13.5. The van der Waals surface area contributed by atoms with E-state index in [-0.39, 0.29) is 36.2 Å². The molecule has 3 aromatic rings. The molecule has 0 aliphatic carbocycles. The van der Waals surface area contributed by atoms with E-state index in [1.54, 1.807) is 16.7 Å². The summed E-state index contributed by atoms with van der Waals surface area (Å²) in [5, 5.41) is 3.15. The van der Waals surface area contributed by atoms with Gasteiger partial charge in [0.15, 0.2) is 0 Å². The zero-order valence-corrected chi connectivity index (χ0v) is 22.7. The van der Waals surface area contributed by atoms with E-state index in [1.807, 2.05) is 72.8 Å². The monoisotopic (exact) mass is 542 g/mol. The number of carbonyl (C=O) groups is 1. The molecule has 0 unspecified atom stereocenters. The van der Waals surface area contributed by atoms with Gasteiger partial charge in [-0.2, -0.15) is 0 Å². The molecule has 7 nitrogen and oxygen atoms in total. The molecule has 1 saturated heterocycles. The number of piperidine rings is 1. The standard InChI is InChI=1S/C28H34N4O3S.ClH/c1-23(31-17-14-26(15-18-31)30-28(33)19-25-11-8-16-29-20-25)21-32(27-12-6-3-7-13-27)36(34,35)22-24-9-4-2-5-10-24;/h2-13,16,20,23,26H,14-15,17-19,21-22H2,1H3,(H,30,33);1H/t23-;/m0./s1. The largest absolute Gasteiger partial charge is 0.353 e. The topological polar surface area (TPSA) is 82.6 Å². The molecule has 1 aliphatic rings. The summed E-state index contributed by atoms with van der Waals surface area (Å²) in [4.78, 5) is 18.8. The number of nitrogens with one attached hydrogen (secondary N) is 1. The number of benzene rings is 2. The molecular weight excluding hydrogens is 508 g/mol. The Hall–Kier alpha value is -2.94. The Balaban J connectivity index is 0.00000380. The Morgan fingerprint density at radius 1 is 1.00 bits per heavy atom. The van der Waals surface area contributed by atoms with Gasteiger partial charge in [-0.3, -0.25) is 19.0 Å². The molecule has 0 saturated carbocycles. The van der Waals surface area contributed by atoms with Crippen molar-refractivity contribution in [2.24, 2.45) is 0 Å². The smallest absolute Gasteiger partial charge is 0.239 e. The molecule has 1 fully saturated rings. The fraction of sp³-hybridized carbons (Fsp3) is 0.357. The van der Waals surface area contributed by atoms with Gasteiger partial charge in [-0.25, -0.2) is 8.42 Å². The summed E-state index contributed by atoms with van der Waals surface area (Å²) in [6, 6.07) is 22.5. The average Bonchev–Trinajstić information content (AvgIpc) is 2.89. The zero-order valence-electron chi connectivity index (χ0n) is 21.1. The summed E-state index contributed by atoms with van der Waals surface area (Å²) in [5.41, 5.74) is 2.35. The maximum Gasteiger partial charge on any atom is 0.239 e. The van der Waals surface area contributed by atoms with Crippen LogP contribution in [0, 0.1) is 0 Å². The first kappa shape index (κ1) is 28.6. The van der Waals surface area contributed by atoms with Crippen molar-refractivity contribution in [2.45, 2.75) is 44.0 Å². The molecular formula is C28H35ClN4O3S. The second-order valence-corrected chi connectivity index (χ2v) is 11.3. The van der Waals surface area contributed by atoms with Gasteiger partial charge in [0.05, 0.1) is 17.9 Å². The van der Waals surface area contributed by atoms with Crippen LogP contribution < -0.4 is 9.62 Å². The van der Waals surface area contributed by atoms with Crippen molar-refractivity contribution in [3.8, 4) is 0 Å². The first-order valence-corrected chi connectivity index (χ1v) is 14.0. The van der Waals surface area contributed by atoms with E-state index < -0.39 is 10.0 Å². The molecule has 1 aromatic heterocycles. The number of anilines is 1. The van der Waals surface area contributed by atoms with Gasteiger partial charge in [0.25, 0.3) is 0 Å². The van der Waals surface area contributed by atoms with Crippen LogP contribution in [-0.4, -0.2) is 55.9 Å². The predicted molar refractivity (Wildman–Crippen MR) is 150 cm³/mol. The second-order valence-electron chi connectivity index (χ2n) is 9.37. The van der Waals surface area contributed by atoms with E-state index in [0.717, 1.165) is 37.1 Å². The SMILES string of the molecule is C[C@@H](CN(c1ccccc1)S(=O)(=O)Cc1ccccc1)N1CCC(NC(=O)Cc2cccnc2)CC1.Cl. The van der Waals surface area contributed by atoms with Crippen molar-refractivity contribution < 1.29 is 13.2 Å². The Morgan fingerprint density at radius 3 is 2.24 bits per heavy atom. The number of hydrogen-bond donors (Lipinski definition) is 1. The van der Waals surface area contributed by atoms with Gasteiger partial charge in [-0.05, 0) is 49.1 Å². The molecule has 4 rings (SSSR count). The van der Waals surface area contributed by atoms with Crippen molar-refractivity contribution in [3.63, 3.8) is 0 Å².